The molecular weight excluding hydrogens is 271 g/mol. The summed E-state index contributed by atoms with van der Waals surface area (Å²) in [6, 6.07) is -1.62. The summed E-state index contributed by atoms with van der Waals surface area (Å²) < 4.78 is 0. The summed E-state index contributed by atoms with van der Waals surface area (Å²) >= 11 is 1.27. The Hall–Kier alpha value is -0.324. The van der Waals surface area contributed by atoms with Crippen molar-refractivity contribution in [1.29, 1.82) is 0 Å². The number of hydrogen-bond donors (Lipinski definition) is 2. The summed E-state index contributed by atoms with van der Waals surface area (Å²) in [4.78, 5) is 29.8. The molecule has 0 aromatic carbocycles. The van der Waals surface area contributed by atoms with Gasteiger partial charge in [0.25, 0.3) is 0 Å². The Kier molecular flexibility index (Phi) is 5.69. The van der Waals surface area contributed by atoms with Gasteiger partial charge in [0.15, 0.2) is 5.13 Å². The van der Waals surface area contributed by atoms with Crippen molar-refractivity contribution in [3.05, 3.63) is 11.6 Å². The molecule has 0 spiro atoms. The summed E-state index contributed by atoms with van der Waals surface area (Å²) in [7, 11) is 0. The molecule has 0 radical (unpaired) electrons. The molecule has 7 nitrogen and oxygen atoms in total. The first-order chi connectivity index (χ1) is 7.65. The third-order valence-corrected chi connectivity index (χ3v) is 2.55. The van der Waals surface area contributed by atoms with Gasteiger partial charge in [-0.05, 0) is 0 Å². The minimum atomic E-state index is -0.924. The maximum atomic E-state index is 11.4. The van der Waals surface area contributed by atoms with Gasteiger partial charge in [-0.1, -0.05) is 0 Å². The van der Waals surface area contributed by atoms with Crippen molar-refractivity contribution >= 4 is 34.3 Å². The number of nitrogens with zero attached hydrogens (tertiary/aromatic N) is 2. The van der Waals surface area contributed by atoms with Crippen LogP contribution in [-0.2, 0) is 9.59 Å². The molecule has 0 aliphatic carbocycles. The minimum absolute atomic E-state index is 0. The van der Waals surface area contributed by atoms with E-state index >= 15 is 0 Å². The zero-order chi connectivity index (χ0) is 11.5. The quantitative estimate of drug-likeness (QED) is 0.545. The van der Waals surface area contributed by atoms with Crippen molar-refractivity contribution in [1.82, 2.24) is 10.3 Å². The minimum Gasteiger partial charge on any atom is -0.846 e. The Balaban J connectivity index is 0.00000144. The first kappa shape index (κ1) is 14.7. The standard InChI is InChI=1S/C8H8N4O3S.K/c13-5(11-8-9-1-2-16-8)3-4-6(14)12-7(15)10-4;/h1-2,4H,3H2,(H,9,11,13)(H2,10,12,14,15);/q;+1/p-1. The average molecular weight is 278 g/mol. The second-order valence-electron chi connectivity index (χ2n) is 3.03. The maximum Gasteiger partial charge on any atom is 1.00 e. The number of thiazole rings is 1. The molecule has 1 aliphatic heterocycles. The van der Waals surface area contributed by atoms with E-state index in [1.807, 2.05) is 5.32 Å². The molecule has 1 aromatic rings. The van der Waals surface area contributed by atoms with Crippen molar-refractivity contribution in [3.8, 4) is 0 Å². The van der Waals surface area contributed by atoms with Crippen LogP contribution in [0.15, 0.2) is 16.6 Å². The van der Waals surface area contributed by atoms with E-state index in [0.717, 1.165) is 0 Å². The van der Waals surface area contributed by atoms with E-state index < -0.39 is 23.9 Å². The van der Waals surface area contributed by atoms with Gasteiger partial charge in [0.2, 0.25) is 11.8 Å². The fourth-order valence-corrected chi connectivity index (χ4v) is 1.74. The van der Waals surface area contributed by atoms with Crippen LogP contribution in [0.2, 0.25) is 0 Å². The molecular formula is C8H7KN4O3S. The van der Waals surface area contributed by atoms with E-state index in [0.29, 0.717) is 5.13 Å². The molecule has 1 unspecified atom stereocenters. The van der Waals surface area contributed by atoms with Gasteiger partial charge in [0, 0.05) is 11.6 Å². The third kappa shape index (κ3) is 4.12. The fourth-order valence-electron chi connectivity index (χ4n) is 1.19. The molecule has 0 saturated carbocycles. The smallest absolute Gasteiger partial charge is 0.846 e. The second-order valence-corrected chi connectivity index (χ2v) is 3.92. The number of aromatic nitrogens is 1. The molecule has 0 fully saturated rings. The number of carbonyl (C=O) groups is 2. The van der Waals surface area contributed by atoms with Crippen LogP contribution in [0.5, 0.6) is 0 Å². The number of aliphatic imine (C=N–C) groups is 1. The van der Waals surface area contributed by atoms with E-state index in [9.17, 15) is 14.7 Å². The van der Waals surface area contributed by atoms with Crippen LogP contribution < -0.4 is 67.1 Å². The summed E-state index contributed by atoms with van der Waals surface area (Å²) in [6.07, 6.45) is 1.40. The van der Waals surface area contributed by atoms with Crippen molar-refractivity contribution in [2.45, 2.75) is 12.5 Å². The average Bonchev–Trinajstić information content (AvgIpc) is 2.78. The number of amidine groups is 1. The van der Waals surface area contributed by atoms with Crippen molar-refractivity contribution in [2.24, 2.45) is 4.99 Å². The van der Waals surface area contributed by atoms with Gasteiger partial charge >= 0.3 is 51.4 Å². The number of nitrogens with one attached hydrogen (secondary N) is 2. The Bertz CT molecular complexity index is 448. The monoisotopic (exact) mass is 278 g/mol. The number of carbonyl (C=O) groups excluding carboxylic acids is 2. The first-order valence-corrected chi connectivity index (χ1v) is 5.28. The van der Waals surface area contributed by atoms with Gasteiger partial charge in [-0.2, -0.15) is 0 Å². The summed E-state index contributed by atoms with van der Waals surface area (Å²) in [5.41, 5.74) is 0. The number of rotatable bonds is 3. The predicted octanol–water partition coefficient (Wildman–Crippen LogP) is -4.31. The Morgan fingerprint density at radius 1 is 1.65 bits per heavy atom. The molecule has 0 saturated heterocycles. The van der Waals surface area contributed by atoms with Crippen LogP contribution in [-0.4, -0.2) is 28.9 Å². The number of hydrogen-bond acceptors (Lipinski definition) is 6. The first-order valence-electron chi connectivity index (χ1n) is 4.40. The van der Waals surface area contributed by atoms with E-state index in [-0.39, 0.29) is 57.8 Å². The Labute approximate surface area is 143 Å². The summed E-state index contributed by atoms with van der Waals surface area (Å²) in [6.45, 7) is 0. The van der Waals surface area contributed by atoms with E-state index in [2.05, 4.69) is 15.3 Å². The normalized spacial score (nSPS) is 18.0. The van der Waals surface area contributed by atoms with Crippen LogP contribution in [0.4, 0.5) is 5.13 Å². The molecule has 2 N–H and O–H groups in total. The number of anilines is 1. The van der Waals surface area contributed by atoms with Gasteiger partial charge in [-0.15, -0.1) is 11.3 Å². The molecule has 2 amide bonds. The van der Waals surface area contributed by atoms with Gasteiger partial charge in [-0.3, -0.25) is 14.6 Å². The van der Waals surface area contributed by atoms with Crippen molar-refractivity contribution in [3.63, 3.8) is 0 Å². The van der Waals surface area contributed by atoms with Crippen molar-refractivity contribution < 1.29 is 66.1 Å². The molecule has 2 rings (SSSR count). The van der Waals surface area contributed by atoms with E-state index in [1.54, 1.807) is 11.6 Å². The molecule has 1 atom stereocenters. The van der Waals surface area contributed by atoms with Gasteiger partial charge in [0.05, 0.1) is 12.4 Å². The SMILES string of the molecule is O=C(CC1N=C([O-])NC1=O)Nc1nccs1.[K+]. The summed E-state index contributed by atoms with van der Waals surface area (Å²) in [5.74, 6) is -0.937. The predicted molar refractivity (Wildman–Crippen MR) is 54.7 cm³/mol. The zero-order valence-corrected chi connectivity index (χ0v) is 12.9. The number of amides is 2. The maximum absolute atomic E-state index is 11.4. The molecule has 2 heterocycles. The third-order valence-electron chi connectivity index (χ3n) is 1.86. The molecule has 84 valence electrons. The molecule has 17 heavy (non-hydrogen) atoms. The molecule has 1 aromatic heterocycles. The fraction of sp³-hybridized carbons (Fsp3) is 0.250. The van der Waals surface area contributed by atoms with Crippen LogP contribution in [0.25, 0.3) is 0 Å². The zero-order valence-electron chi connectivity index (χ0n) is 8.97. The summed E-state index contributed by atoms with van der Waals surface area (Å²) in [5, 5.41) is 17.4. The largest absolute Gasteiger partial charge is 1.00 e. The van der Waals surface area contributed by atoms with Crippen LogP contribution in [0.1, 0.15) is 6.42 Å². The second kappa shape index (κ2) is 6.57. The van der Waals surface area contributed by atoms with Gasteiger partial charge in [-0.25, -0.2) is 4.98 Å². The Morgan fingerprint density at radius 2 is 2.41 bits per heavy atom. The van der Waals surface area contributed by atoms with Gasteiger partial charge in [0.1, 0.15) is 6.04 Å². The van der Waals surface area contributed by atoms with Gasteiger partial charge < -0.3 is 15.7 Å². The van der Waals surface area contributed by atoms with Crippen LogP contribution >= 0.6 is 11.3 Å². The van der Waals surface area contributed by atoms with Crippen LogP contribution in [0, 0.1) is 0 Å². The molecule has 1 aliphatic rings. The Morgan fingerprint density at radius 3 is 2.94 bits per heavy atom. The van der Waals surface area contributed by atoms with E-state index in [4.69, 9.17) is 0 Å². The van der Waals surface area contributed by atoms with Crippen LogP contribution in [0.3, 0.4) is 0 Å². The molecule has 0 bridgehead atoms. The molecule has 9 heteroatoms. The topological polar surface area (TPSA) is 107 Å². The van der Waals surface area contributed by atoms with Crippen molar-refractivity contribution in [2.75, 3.05) is 5.32 Å². The van der Waals surface area contributed by atoms with E-state index in [1.165, 1.54) is 11.3 Å².